The van der Waals surface area contributed by atoms with Crippen molar-refractivity contribution < 1.29 is 22.7 Å². The largest absolute Gasteiger partial charge is 0.490 e. The van der Waals surface area contributed by atoms with Crippen molar-refractivity contribution >= 4 is 11.6 Å². The number of nitrogens with one attached hydrogen (secondary N) is 1. The van der Waals surface area contributed by atoms with E-state index in [9.17, 15) is 18.0 Å². The fourth-order valence-corrected chi connectivity index (χ4v) is 1.36. The molecule has 0 saturated carbocycles. The third-order valence-electron chi connectivity index (χ3n) is 2.59. The molecule has 1 rings (SSSR count). The monoisotopic (exact) mass is 275 g/mol. The van der Waals surface area contributed by atoms with Gasteiger partial charge in [-0.15, -0.1) is 0 Å². The first-order valence-corrected chi connectivity index (χ1v) is 5.89. The van der Waals surface area contributed by atoms with Crippen molar-refractivity contribution in [3.8, 4) is 5.75 Å². The summed E-state index contributed by atoms with van der Waals surface area (Å²) >= 11 is 0. The molecule has 0 aliphatic rings. The van der Waals surface area contributed by atoms with E-state index in [0.717, 1.165) is 6.42 Å². The highest BCUT2D eigenvalue weighted by Gasteiger charge is 2.38. The van der Waals surface area contributed by atoms with Crippen LogP contribution in [0.2, 0.25) is 0 Å². The van der Waals surface area contributed by atoms with Gasteiger partial charge in [0.2, 0.25) is 0 Å². The molecule has 0 aromatic heterocycles. The first-order valence-electron chi connectivity index (χ1n) is 5.89. The van der Waals surface area contributed by atoms with E-state index in [0.29, 0.717) is 11.3 Å². The molecule has 0 aliphatic heterocycles. The zero-order chi connectivity index (χ0) is 14.6. The molecular formula is C13H16F3NO2. The smallest absolute Gasteiger partial charge is 0.471 e. The van der Waals surface area contributed by atoms with Gasteiger partial charge in [-0.3, -0.25) is 4.79 Å². The second-order valence-corrected chi connectivity index (χ2v) is 4.27. The summed E-state index contributed by atoms with van der Waals surface area (Å²) < 4.78 is 41.9. The number of aryl methyl sites for hydroxylation is 1. The third-order valence-corrected chi connectivity index (χ3v) is 2.59. The minimum Gasteiger partial charge on any atom is -0.490 e. The first kappa shape index (κ1) is 15.3. The Kier molecular flexibility index (Phi) is 4.80. The van der Waals surface area contributed by atoms with Gasteiger partial charge in [0.15, 0.2) is 0 Å². The highest BCUT2D eigenvalue weighted by Crippen LogP contribution is 2.25. The van der Waals surface area contributed by atoms with Crippen LogP contribution in [0.1, 0.15) is 25.8 Å². The van der Waals surface area contributed by atoms with E-state index in [1.165, 1.54) is 12.1 Å². The van der Waals surface area contributed by atoms with E-state index in [2.05, 4.69) is 0 Å². The quantitative estimate of drug-likeness (QED) is 0.910. The predicted molar refractivity (Wildman–Crippen MR) is 66.2 cm³/mol. The molecule has 19 heavy (non-hydrogen) atoms. The summed E-state index contributed by atoms with van der Waals surface area (Å²) in [6.45, 7) is 5.58. The summed E-state index contributed by atoms with van der Waals surface area (Å²) in [6, 6.07) is 4.38. The lowest BCUT2D eigenvalue weighted by Crippen LogP contribution is -2.29. The fraction of sp³-hybridized carbons (Fsp3) is 0.462. The number of carbonyl (C=O) groups excluding carboxylic acids is 1. The first-order chi connectivity index (χ1) is 8.74. The van der Waals surface area contributed by atoms with Gasteiger partial charge >= 0.3 is 12.1 Å². The predicted octanol–water partition coefficient (Wildman–Crippen LogP) is 3.67. The molecule has 0 spiro atoms. The standard InChI is InChI=1S/C13H16F3NO2/c1-4-9(3)19-11-6-5-10(7-8(11)2)17-12(18)13(14,15)16/h5-7,9H,4H2,1-3H3,(H,17,18)/t9-/m1/s1. The number of benzene rings is 1. The van der Waals surface area contributed by atoms with Crippen LogP contribution in [0.3, 0.4) is 0 Å². The van der Waals surface area contributed by atoms with Crippen LogP contribution in [-0.2, 0) is 4.79 Å². The Morgan fingerprint density at radius 2 is 2.05 bits per heavy atom. The molecule has 0 aliphatic carbocycles. The molecule has 1 amide bonds. The van der Waals surface area contributed by atoms with Crippen molar-refractivity contribution in [2.24, 2.45) is 0 Å². The normalized spacial score (nSPS) is 12.9. The summed E-state index contributed by atoms with van der Waals surface area (Å²) in [5, 5.41) is 1.80. The lowest BCUT2D eigenvalue weighted by atomic mass is 10.2. The molecule has 3 nitrogen and oxygen atoms in total. The minimum absolute atomic E-state index is 0.0225. The Morgan fingerprint density at radius 3 is 2.53 bits per heavy atom. The Labute approximate surface area is 109 Å². The molecule has 1 atom stereocenters. The van der Waals surface area contributed by atoms with Crippen LogP contribution in [0.15, 0.2) is 18.2 Å². The summed E-state index contributed by atoms with van der Waals surface area (Å²) in [5.41, 5.74) is 0.761. The van der Waals surface area contributed by atoms with Crippen molar-refractivity contribution in [1.82, 2.24) is 0 Å². The lowest BCUT2D eigenvalue weighted by molar-refractivity contribution is -0.167. The number of carbonyl (C=O) groups is 1. The van der Waals surface area contributed by atoms with Gasteiger partial charge in [0.05, 0.1) is 6.10 Å². The number of alkyl halides is 3. The highest BCUT2D eigenvalue weighted by molar-refractivity contribution is 5.95. The van der Waals surface area contributed by atoms with Gasteiger partial charge in [0.25, 0.3) is 0 Å². The summed E-state index contributed by atoms with van der Waals surface area (Å²) in [6.07, 6.45) is -4.04. The van der Waals surface area contributed by atoms with Crippen LogP contribution in [0, 0.1) is 6.92 Å². The summed E-state index contributed by atoms with van der Waals surface area (Å²) in [4.78, 5) is 10.8. The molecule has 0 unspecified atom stereocenters. The molecule has 0 saturated heterocycles. The van der Waals surface area contributed by atoms with E-state index < -0.39 is 12.1 Å². The Hall–Kier alpha value is -1.72. The van der Waals surface area contributed by atoms with E-state index >= 15 is 0 Å². The number of halogens is 3. The molecule has 0 fully saturated rings. The molecule has 1 aromatic rings. The Morgan fingerprint density at radius 1 is 1.42 bits per heavy atom. The number of hydrogen-bond donors (Lipinski definition) is 1. The molecule has 1 aromatic carbocycles. The zero-order valence-electron chi connectivity index (χ0n) is 11.0. The lowest BCUT2D eigenvalue weighted by Gasteiger charge is -2.16. The molecule has 6 heteroatoms. The number of ether oxygens (including phenoxy) is 1. The highest BCUT2D eigenvalue weighted by atomic mass is 19.4. The van der Waals surface area contributed by atoms with Gasteiger partial charge in [-0.25, -0.2) is 0 Å². The van der Waals surface area contributed by atoms with Gasteiger partial charge < -0.3 is 10.1 Å². The average molecular weight is 275 g/mol. The van der Waals surface area contributed by atoms with Gasteiger partial charge in [-0.05, 0) is 44.0 Å². The second-order valence-electron chi connectivity index (χ2n) is 4.27. The maximum atomic E-state index is 12.1. The van der Waals surface area contributed by atoms with Crippen molar-refractivity contribution in [3.05, 3.63) is 23.8 Å². The van der Waals surface area contributed by atoms with E-state index in [1.807, 2.05) is 13.8 Å². The van der Waals surface area contributed by atoms with Gasteiger partial charge in [0, 0.05) is 5.69 Å². The summed E-state index contributed by atoms with van der Waals surface area (Å²) in [5.74, 6) is -1.39. The van der Waals surface area contributed by atoms with Crippen LogP contribution in [0.4, 0.5) is 18.9 Å². The van der Waals surface area contributed by atoms with Crippen LogP contribution in [-0.4, -0.2) is 18.2 Å². The fourth-order valence-electron chi connectivity index (χ4n) is 1.36. The van der Waals surface area contributed by atoms with Gasteiger partial charge in [-0.2, -0.15) is 13.2 Å². The molecule has 1 N–H and O–H groups in total. The molecule has 0 radical (unpaired) electrons. The molecule has 0 bridgehead atoms. The van der Waals surface area contributed by atoms with Crippen LogP contribution in [0.5, 0.6) is 5.75 Å². The number of amides is 1. The van der Waals surface area contributed by atoms with Crippen molar-refractivity contribution in [3.63, 3.8) is 0 Å². The zero-order valence-corrected chi connectivity index (χ0v) is 11.0. The average Bonchev–Trinajstić information content (AvgIpc) is 2.31. The van der Waals surface area contributed by atoms with Crippen LogP contribution >= 0.6 is 0 Å². The van der Waals surface area contributed by atoms with Gasteiger partial charge in [0.1, 0.15) is 5.75 Å². The molecule has 0 heterocycles. The van der Waals surface area contributed by atoms with E-state index in [4.69, 9.17) is 4.74 Å². The maximum Gasteiger partial charge on any atom is 0.471 e. The van der Waals surface area contributed by atoms with Crippen molar-refractivity contribution in [2.45, 2.75) is 39.5 Å². The SMILES string of the molecule is CC[C@@H](C)Oc1ccc(NC(=O)C(F)(F)F)cc1C. The molecular weight excluding hydrogens is 259 g/mol. The Balaban J connectivity index is 2.80. The minimum atomic E-state index is -4.89. The van der Waals surface area contributed by atoms with Crippen molar-refractivity contribution in [2.75, 3.05) is 5.32 Å². The van der Waals surface area contributed by atoms with E-state index in [1.54, 1.807) is 18.3 Å². The second kappa shape index (κ2) is 5.95. The number of hydrogen-bond acceptors (Lipinski definition) is 2. The van der Waals surface area contributed by atoms with Crippen LogP contribution in [0.25, 0.3) is 0 Å². The summed E-state index contributed by atoms with van der Waals surface area (Å²) in [7, 11) is 0. The van der Waals surface area contributed by atoms with Crippen LogP contribution < -0.4 is 10.1 Å². The molecule has 106 valence electrons. The topological polar surface area (TPSA) is 38.3 Å². The van der Waals surface area contributed by atoms with E-state index in [-0.39, 0.29) is 11.8 Å². The third kappa shape index (κ3) is 4.46. The van der Waals surface area contributed by atoms with Crippen molar-refractivity contribution in [1.29, 1.82) is 0 Å². The van der Waals surface area contributed by atoms with Gasteiger partial charge in [-0.1, -0.05) is 6.92 Å². The Bertz CT molecular complexity index is 458. The number of rotatable bonds is 4. The number of anilines is 1. The maximum absolute atomic E-state index is 12.1.